The molecule has 0 bridgehead atoms. The number of carboxylic acids is 1. The maximum Gasteiger partial charge on any atom is 0.326 e. The summed E-state index contributed by atoms with van der Waals surface area (Å²) in [6.45, 7) is 0. The molecule has 0 spiro atoms. The first-order valence-electron chi connectivity index (χ1n) is 10.6. The highest BCUT2D eigenvalue weighted by Crippen LogP contribution is 2.27. The highest BCUT2D eigenvalue weighted by molar-refractivity contribution is 6.57. The molecule has 1 fully saturated rings. The van der Waals surface area contributed by atoms with Gasteiger partial charge in [-0.3, -0.25) is 9.59 Å². The largest absolute Gasteiger partial charge is 0.480 e. The van der Waals surface area contributed by atoms with Crippen molar-refractivity contribution in [3.05, 3.63) is 34.9 Å². The number of carbonyl (C=O) groups excluding carboxylic acids is 2. The van der Waals surface area contributed by atoms with Crippen LogP contribution in [-0.2, 0) is 28.9 Å². The van der Waals surface area contributed by atoms with Gasteiger partial charge in [-0.2, -0.15) is 0 Å². The van der Waals surface area contributed by atoms with Crippen LogP contribution in [-0.4, -0.2) is 42.7 Å². The number of fused-ring (bicyclic) bond motifs is 1. The summed E-state index contributed by atoms with van der Waals surface area (Å²) in [6, 6.07) is 4.17. The summed E-state index contributed by atoms with van der Waals surface area (Å²) in [7, 11) is 5.28. The molecule has 0 aliphatic heterocycles. The molecule has 154 valence electrons. The van der Waals surface area contributed by atoms with Crippen LogP contribution in [0.15, 0.2) is 18.2 Å². The Labute approximate surface area is 173 Å². The van der Waals surface area contributed by atoms with E-state index in [1.54, 1.807) is 0 Å². The number of hydrogen-bond donors (Lipinski definition) is 3. The molecule has 0 heterocycles. The van der Waals surface area contributed by atoms with Crippen molar-refractivity contribution in [3.63, 3.8) is 0 Å². The van der Waals surface area contributed by atoms with Crippen molar-refractivity contribution in [1.82, 2.24) is 10.6 Å². The van der Waals surface area contributed by atoms with Crippen molar-refractivity contribution >= 4 is 25.5 Å². The van der Waals surface area contributed by atoms with Gasteiger partial charge < -0.3 is 15.7 Å². The van der Waals surface area contributed by atoms with Crippen LogP contribution in [0.4, 0.5) is 4.79 Å². The maximum atomic E-state index is 12.9. The Kier molecular flexibility index (Phi) is 7.34. The molecule has 29 heavy (non-hydrogen) atoms. The molecule has 6 nitrogen and oxygen atoms in total. The van der Waals surface area contributed by atoms with Crippen LogP contribution >= 0.6 is 0 Å². The SMILES string of the molecule is [B]C(=O)N[C@H](C(=O)N[C@@H](Cc1cccc2c1CCCC2)C(=O)O)C1CCCCC1. The predicted molar refractivity (Wildman–Crippen MR) is 111 cm³/mol. The Hall–Kier alpha value is -2.31. The normalized spacial score (nSPS) is 18.9. The smallest absolute Gasteiger partial charge is 0.326 e. The zero-order chi connectivity index (χ0) is 20.8. The second-order valence-electron chi connectivity index (χ2n) is 8.25. The zero-order valence-electron chi connectivity index (χ0n) is 16.8. The van der Waals surface area contributed by atoms with E-state index in [1.807, 2.05) is 12.1 Å². The van der Waals surface area contributed by atoms with Crippen molar-refractivity contribution in [2.45, 2.75) is 76.3 Å². The summed E-state index contributed by atoms with van der Waals surface area (Å²) in [5, 5.41) is 14.9. The minimum atomic E-state index is -1.08. The Morgan fingerprint density at radius 3 is 2.45 bits per heavy atom. The Morgan fingerprint density at radius 1 is 1.03 bits per heavy atom. The standard InChI is InChI=1S/C22H29BN2O4/c23-22(29)25-19(15-8-2-1-3-9-15)20(26)24-18(21(27)28)13-16-11-6-10-14-7-4-5-12-17(14)16/h6,10-11,15,18-19H,1-5,7-9,12-13H2,(H,24,26)(H,25,29)(H,27,28)/t18-,19-/m0/s1. The van der Waals surface area contributed by atoms with Gasteiger partial charge in [-0.15, -0.1) is 0 Å². The summed E-state index contributed by atoms with van der Waals surface area (Å²) in [5.74, 6) is -2.32. The van der Waals surface area contributed by atoms with E-state index in [-0.39, 0.29) is 12.3 Å². The highest BCUT2D eigenvalue weighted by atomic mass is 16.4. The van der Waals surface area contributed by atoms with Crippen LogP contribution in [0.5, 0.6) is 0 Å². The molecule has 3 N–H and O–H groups in total. The lowest BCUT2D eigenvalue weighted by Gasteiger charge is -2.31. The van der Waals surface area contributed by atoms with Crippen LogP contribution in [0.2, 0.25) is 0 Å². The lowest BCUT2D eigenvalue weighted by Crippen LogP contribution is -2.55. The molecule has 0 aromatic heterocycles. The summed E-state index contributed by atoms with van der Waals surface area (Å²) in [6.07, 6.45) is 9.18. The minimum Gasteiger partial charge on any atom is -0.480 e. The Bertz CT molecular complexity index is 761. The first kappa shape index (κ1) is 21.4. The summed E-state index contributed by atoms with van der Waals surface area (Å²) in [4.78, 5) is 36.3. The fourth-order valence-electron chi connectivity index (χ4n) is 4.75. The van der Waals surface area contributed by atoms with Crippen molar-refractivity contribution < 1.29 is 19.5 Å². The van der Waals surface area contributed by atoms with E-state index in [0.29, 0.717) is 0 Å². The number of carbonyl (C=O) groups is 3. The average molecular weight is 396 g/mol. The van der Waals surface area contributed by atoms with Crippen molar-refractivity contribution in [3.8, 4) is 0 Å². The number of rotatable bonds is 7. The van der Waals surface area contributed by atoms with Crippen LogP contribution < -0.4 is 10.6 Å². The van der Waals surface area contributed by atoms with Gasteiger partial charge in [0.05, 0.1) is 0 Å². The maximum absolute atomic E-state index is 12.9. The van der Waals surface area contributed by atoms with Gasteiger partial charge in [0.1, 0.15) is 12.1 Å². The Morgan fingerprint density at radius 2 is 1.76 bits per heavy atom. The number of amides is 2. The number of aryl methyl sites for hydroxylation is 1. The third kappa shape index (κ3) is 5.61. The van der Waals surface area contributed by atoms with E-state index in [2.05, 4.69) is 16.7 Å². The van der Waals surface area contributed by atoms with Gasteiger partial charge >= 0.3 is 5.97 Å². The van der Waals surface area contributed by atoms with Crippen molar-refractivity contribution in [2.24, 2.45) is 5.92 Å². The van der Waals surface area contributed by atoms with Gasteiger partial charge in [0, 0.05) is 6.42 Å². The van der Waals surface area contributed by atoms with Crippen LogP contribution in [0.1, 0.15) is 61.6 Å². The fourth-order valence-corrected chi connectivity index (χ4v) is 4.75. The summed E-state index contributed by atoms with van der Waals surface area (Å²) in [5.41, 5.74) is 3.48. The summed E-state index contributed by atoms with van der Waals surface area (Å²) >= 11 is 0. The lowest BCUT2D eigenvalue weighted by atomic mass is 9.82. The molecule has 2 radical (unpaired) electrons. The van der Waals surface area contributed by atoms with E-state index in [0.717, 1.165) is 63.4 Å². The number of benzene rings is 1. The molecular weight excluding hydrogens is 367 g/mol. The number of aliphatic carboxylic acids is 1. The predicted octanol–water partition coefficient (Wildman–Crippen LogP) is 2.50. The molecule has 2 amide bonds. The first-order valence-corrected chi connectivity index (χ1v) is 10.6. The molecule has 3 rings (SSSR count). The molecule has 0 saturated heterocycles. The third-order valence-electron chi connectivity index (χ3n) is 6.23. The van der Waals surface area contributed by atoms with Gasteiger partial charge in [-0.1, -0.05) is 37.5 Å². The highest BCUT2D eigenvalue weighted by Gasteiger charge is 2.33. The quantitative estimate of drug-likeness (QED) is 0.617. The van der Waals surface area contributed by atoms with E-state index in [9.17, 15) is 19.5 Å². The zero-order valence-corrected chi connectivity index (χ0v) is 16.8. The molecule has 0 unspecified atom stereocenters. The van der Waals surface area contributed by atoms with Gasteiger partial charge in [-0.25, -0.2) is 4.79 Å². The molecular formula is C22H29BN2O4. The molecule has 2 aliphatic carbocycles. The molecule has 2 atom stereocenters. The first-order chi connectivity index (χ1) is 14.0. The number of carboxylic acid groups (broad SMARTS) is 1. The van der Waals surface area contributed by atoms with E-state index in [1.165, 1.54) is 11.1 Å². The van der Waals surface area contributed by atoms with Gasteiger partial charge in [0.2, 0.25) is 13.8 Å². The van der Waals surface area contributed by atoms with E-state index >= 15 is 0 Å². The number of hydrogen-bond acceptors (Lipinski definition) is 3. The summed E-state index contributed by atoms with van der Waals surface area (Å²) < 4.78 is 0. The Balaban J connectivity index is 1.74. The number of nitrogens with one attached hydrogen (secondary N) is 2. The van der Waals surface area contributed by atoms with Crippen molar-refractivity contribution in [2.75, 3.05) is 0 Å². The van der Waals surface area contributed by atoms with Crippen LogP contribution in [0.25, 0.3) is 0 Å². The molecule has 1 aromatic carbocycles. The molecule has 1 saturated carbocycles. The fraction of sp³-hybridized carbons (Fsp3) is 0.591. The van der Waals surface area contributed by atoms with Gasteiger partial charge in [0.15, 0.2) is 5.81 Å². The lowest BCUT2D eigenvalue weighted by molar-refractivity contribution is -0.142. The van der Waals surface area contributed by atoms with Crippen molar-refractivity contribution in [1.29, 1.82) is 0 Å². The second kappa shape index (κ2) is 9.94. The molecule has 2 aliphatic rings. The van der Waals surface area contributed by atoms with Gasteiger partial charge in [-0.05, 0) is 61.1 Å². The van der Waals surface area contributed by atoms with E-state index < -0.39 is 29.8 Å². The molecule has 7 heteroatoms. The van der Waals surface area contributed by atoms with Crippen LogP contribution in [0.3, 0.4) is 0 Å². The topological polar surface area (TPSA) is 95.5 Å². The third-order valence-corrected chi connectivity index (χ3v) is 6.23. The minimum absolute atomic E-state index is 0.0184. The monoisotopic (exact) mass is 396 g/mol. The second-order valence-corrected chi connectivity index (χ2v) is 8.25. The average Bonchev–Trinajstić information content (AvgIpc) is 2.72. The van der Waals surface area contributed by atoms with E-state index in [4.69, 9.17) is 7.85 Å². The van der Waals surface area contributed by atoms with Gasteiger partial charge in [0.25, 0.3) is 0 Å². The van der Waals surface area contributed by atoms with Crippen LogP contribution in [0, 0.1) is 5.92 Å². The molecule has 1 aromatic rings.